The first kappa shape index (κ1) is 13.5. The number of nitrogens with zero attached hydrogens (tertiary/aromatic N) is 4. The van der Waals surface area contributed by atoms with E-state index in [0.717, 1.165) is 12.8 Å². The maximum absolute atomic E-state index is 12.0. The summed E-state index contributed by atoms with van der Waals surface area (Å²) in [5.41, 5.74) is 0. The second-order valence-electron chi connectivity index (χ2n) is 4.58. The van der Waals surface area contributed by atoms with Gasteiger partial charge in [-0.2, -0.15) is 9.90 Å². The lowest BCUT2D eigenvalue weighted by Crippen LogP contribution is -2.43. The standard InChI is InChI=1S/C11H17N5O3/c1-8(17)13-10-5-12-16(14-10)7-11(19)15-4-2-3-9(18)6-15/h5,9,18H,2-4,6-7H2,1H3,(H,13,14,17). The third-order valence-electron chi connectivity index (χ3n) is 2.87. The second-order valence-corrected chi connectivity index (χ2v) is 4.58. The number of hydrogen-bond donors (Lipinski definition) is 2. The van der Waals surface area contributed by atoms with Gasteiger partial charge in [0, 0.05) is 20.0 Å². The molecule has 1 aliphatic heterocycles. The number of aliphatic hydroxyl groups is 1. The Balaban J connectivity index is 1.91. The molecule has 0 spiro atoms. The van der Waals surface area contributed by atoms with Crippen LogP contribution in [0.5, 0.6) is 0 Å². The predicted molar refractivity (Wildman–Crippen MR) is 66.1 cm³/mol. The zero-order valence-corrected chi connectivity index (χ0v) is 10.7. The van der Waals surface area contributed by atoms with Gasteiger partial charge in [0.2, 0.25) is 11.8 Å². The summed E-state index contributed by atoms with van der Waals surface area (Å²) < 4.78 is 0. The first-order valence-electron chi connectivity index (χ1n) is 6.18. The SMILES string of the molecule is CC(=O)Nc1cnn(CC(=O)N2CCCC(O)C2)n1. The van der Waals surface area contributed by atoms with Crippen LogP contribution in [-0.4, -0.2) is 56.0 Å². The Morgan fingerprint density at radius 2 is 2.37 bits per heavy atom. The average Bonchev–Trinajstić information content (AvgIpc) is 2.75. The summed E-state index contributed by atoms with van der Waals surface area (Å²) in [4.78, 5) is 25.6. The van der Waals surface area contributed by atoms with Crippen molar-refractivity contribution in [2.75, 3.05) is 18.4 Å². The van der Waals surface area contributed by atoms with Gasteiger partial charge in [-0.05, 0) is 12.8 Å². The van der Waals surface area contributed by atoms with Gasteiger partial charge in [0.1, 0.15) is 6.54 Å². The van der Waals surface area contributed by atoms with E-state index >= 15 is 0 Å². The summed E-state index contributed by atoms with van der Waals surface area (Å²) in [6.07, 6.45) is 2.48. The van der Waals surface area contributed by atoms with Gasteiger partial charge >= 0.3 is 0 Å². The van der Waals surface area contributed by atoms with E-state index in [-0.39, 0.29) is 18.4 Å². The molecule has 0 bridgehead atoms. The Morgan fingerprint density at radius 3 is 3.05 bits per heavy atom. The maximum Gasteiger partial charge on any atom is 0.246 e. The fraction of sp³-hybridized carbons (Fsp3) is 0.636. The quantitative estimate of drug-likeness (QED) is 0.748. The van der Waals surface area contributed by atoms with Crippen LogP contribution in [0.25, 0.3) is 0 Å². The van der Waals surface area contributed by atoms with Crippen LogP contribution >= 0.6 is 0 Å². The Morgan fingerprint density at radius 1 is 1.58 bits per heavy atom. The molecule has 2 amide bonds. The molecule has 8 nitrogen and oxygen atoms in total. The van der Waals surface area contributed by atoms with E-state index in [1.807, 2.05) is 0 Å². The molecule has 19 heavy (non-hydrogen) atoms. The van der Waals surface area contributed by atoms with Crippen LogP contribution in [0, 0.1) is 0 Å². The van der Waals surface area contributed by atoms with Gasteiger partial charge in [-0.15, -0.1) is 5.10 Å². The van der Waals surface area contributed by atoms with Crippen LogP contribution in [0.4, 0.5) is 5.82 Å². The molecule has 0 radical (unpaired) electrons. The largest absolute Gasteiger partial charge is 0.391 e. The number of hydrogen-bond acceptors (Lipinski definition) is 5. The van der Waals surface area contributed by atoms with Crippen molar-refractivity contribution >= 4 is 17.6 Å². The number of amides is 2. The zero-order chi connectivity index (χ0) is 13.8. The second kappa shape index (κ2) is 5.79. The van der Waals surface area contributed by atoms with E-state index in [1.165, 1.54) is 17.9 Å². The van der Waals surface area contributed by atoms with E-state index in [4.69, 9.17) is 0 Å². The normalized spacial score (nSPS) is 19.3. The molecule has 0 aromatic carbocycles. The van der Waals surface area contributed by atoms with Gasteiger partial charge in [-0.3, -0.25) is 9.59 Å². The highest BCUT2D eigenvalue weighted by atomic mass is 16.3. The van der Waals surface area contributed by atoms with Crippen LogP contribution < -0.4 is 5.32 Å². The molecule has 1 atom stereocenters. The lowest BCUT2D eigenvalue weighted by molar-refractivity contribution is -0.135. The molecular weight excluding hydrogens is 250 g/mol. The Labute approximate surface area is 110 Å². The maximum atomic E-state index is 12.0. The van der Waals surface area contributed by atoms with Gasteiger partial charge in [0.25, 0.3) is 0 Å². The monoisotopic (exact) mass is 267 g/mol. The van der Waals surface area contributed by atoms with Crippen molar-refractivity contribution in [2.24, 2.45) is 0 Å². The summed E-state index contributed by atoms with van der Waals surface area (Å²) in [6.45, 7) is 2.39. The minimum absolute atomic E-state index is 0.00625. The number of nitrogens with one attached hydrogen (secondary N) is 1. The summed E-state index contributed by atoms with van der Waals surface area (Å²) in [6, 6.07) is 0. The van der Waals surface area contributed by atoms with Crippen LogP contribution in [0.2, 0.25) is 0 Å². The number of rotatable bonds is 3. The van der Waals surface area contributed by atoms with Gasteiger partial charge in [-0.25, -0.2) is 0 Å². The summed E-state index contributed by atoms with van der Waals surface area (Å²) in [5, 5.41) is 19.9. The molecule has 1 fully saturated rings. The highest BCUT2D eigenvalue weighted by molar-refractivity contribution is 5.87. The first-order chi connectivity index (χ1) is 9.04. The molecule has 0 aliphatic carbocycles. The van der Waals surface area contributed by atoms with Crippen LogP contribution in [0.1, 0.15) is 19.8 Å². The number of aliphatic hydroxyl groups excluding tert-OH is 1. The molecule has 104 valence electrons. The van der Waals surface area contributed by atoms with E-state index in [0.29, 0.717) is 18.9 Å². The molecule has 1 aromatic heterocycles. The minimum Gasteiger partial charge on any atom is -0.391 e. The fourth-order valence-electron chi connectivity index (χ4n) is 2.01. The van der Waals surface area contributed by atoms with Gasteiger partial charge in [0.05, 0.1) is 12.3 Å². The number of aromatic nitrogens is 3. The molecule has 2 N–H and O–H groups in total. The fourth-order valence-corrected chi connectivity index (χ4v) is 2.01. The number of anilines is 1. The molecule has 0 saturated carbocycles. The van der Waals surface area contributed by atoms with E-state index in [9.17, 15) is 14.7 Å². The lowest BCUT2D eigenvalue weighted by atomic mass is 10.1. The van der Waals surface area contributed by atoms with Gasteiger partial charge < -0.3 is 15.3 Å². The smallest absolute Gasteiger partial charge is 0.246 e. The van der Waals surface area contributed by atoms with Crippen molar-refractivity contribution < 1.29 is 14.7 Å². The first-order valence-corrected chi connectivity index (χ1v) is 6.18. The van der Waals surface area contributed by atoms with Crippen molar-refractivity contribution in [3.05, 3.63) is 6.20 Å². The number of likely N-dealkylation sites (tertiary alicyclic amines) is 1. The number of carbonyl (C=O) groups excluding carboxylic acids is 2. The van der Waals surface area contributed by atoms with Crippen molar-refractivity contribution in [2.45, 2.75) is 32.4 Å². The lowest BCUT2D eigenvalue weighted by Gasteiger charge is -2.29. The molecule has 1 saturated heterocycles. The molecule has 1 unspecified atom stereocenters. The third kappa shape index (κ3) is 3.75. The third-order valence-corrected chi connectivity index (χ3v) is 2.87. The highest BCUT2D eigenvalue weighted by Gasteiger charge is 2.22. The van der Waals surface area contributed by atoms with E-state index < -0.39 is 6.10 Å². The Bertz CT molecular complexity index is 473. The van der Waals surface area contributed by atoms with E-state index in [1.54, 1.807) is 4.90 Å². The van der Waals surface area contributed by atoms with Crippen molar-refractivity contribution in [3.63, 3.8) is 0 Å². The Hall–Kier alpha value is -1.96. The van der Waals surface area contributed by atoms with Gasteiger partial charge in [-0.1, -0.05) is 0 Å². The molecule has 1 aliphatic rings. The van der Waals surface area contributed by atoms with Crippen molar-refractivity contribution in [1.82, 2.24) is 19.9 Å². The minimum atomic E-state index is -0.446. The van der Waals surface area contributed by atoms with Crippen molar-refractivity contribution in [3.8, 4) is 0 Å². The van der Waals surface area contributed by atoms with Gasteiger partial charge in [0.15, 0.2) is 5.82 Å². The number of piperidine rings is 1. The van der Waals surface area contributed by atoms with Crippen LogP contribution in [0.15, 0.2) is 6.20 Å². The molecular formula is C11H17N5O3. The Kier molecular flexibility index (Phi) is 4.10. The predicted octanol–water partition coefficient (Wildman–Crippen LogP) is -0.780. The topological polar surface area (TPSA) is 100 Å². The van der Waals surface area contributed by atoms with Crippen LogP contribution in [0.3, 0.4) is 0 Å². The average molecular weight is 267 g/mol. The van der Waals surface area contributed by atoms with E-state index in [2.05, 4.69) is 15.5 Å². The molecule has 2 rings (SSSR count). The summed E-state index contributed by atoms with van der Waals surface area (Å²) >= 11 is 0. The summed E-state index contributed by atoms with van der Waals surface area (Å²) in [5.74, 6) is -0.0553. The molecule has 8 heteroatoms. The van der Waals surface area contributed by atoms with Crippen LogP contribution in [-0.2, 0) is 16.1 Å². The number of carbonyl (C=O) groups is 2. The highest BCUT2D eigenvalue weighted by Crippen LogP contribution is 2.10. The van der Waals surface area contributed by atoms with Crippen molar-refractivity contribution in [1.29, 1.82) is 0 Å². The molecule has 2 heterocycles. The number of β-amino-alcohol motifs (C(OH)–C–C–N with tert-alkyl or cyclic N) is 1. The zero-order valence-electron chi connectivity index (χ0n) is 10.7. The summed E-state index contributed by atoms with van der Waals surface area (Å²) in [7, 11) is 0. The molecule has 1 aromatic rings.